The van der Waals surface area contributed by atoms with Gasteiger partial charge in [-0.15, -0.1) is 0 Å². The molecule has 0 radical (unpaired) electrons. The Labute approximate surface area is 164 Å². The number of ether oxygens (including phenoxy) is 2. The fraction of sp³-hybridized carbons (Fsp3) is 0.158. The van der Waals surface area contributed by atoms with Crippen LogP contribution in [0.5, 0.6) is 11.5 Å². The van der Waals surface area contributed by atoms with E-state index in [0.29, 0.717) is 22.0 Å². The van der Waals surface area contributed by atoms with E-state index in [-0.39, 0.29) is 18.2 Å². The molecule has 2 aromatic carbocycles. The molecule has 1 N–H and O–H groups in total. The van der Waals surface area contributed by atoms with E-state index in [1.54, 1.807) is 43.5 Å². The lowest BCUT2D eigenvalue weighted by molar-refractivity contribution is -0.0498. The summed E-state index contributed by atoms with van der Waals surface area (Å²) in [5.74, 6) is 0.206. The minimum atomic E-state index is -2.90. The predicted octanol–water partition coefficient (Wildman–Crippen LogP) is 4.74. The van der Waals surface area contributed by atoms with E-state index in [4.69, 9.17) is 16.3 Å². The number of anilines is 1. The molecule has 1 aromatic heterocycles. The summed E-state index contributed by atoms with van der Waals surface area (Å²) in [4.78, 5) is 12.4. The van der Waals surface area contributed by atoms with E-state index >= 15 is 0 Å². The normalized spacial score (nSPS) is 10.8. The number of nitrogens with zero attached hydrogens (tertiary/aromatic N) is 2. The van der Waals surface area contributed by atoms with E-state index in [2.05, 4.69) is 15.2 Å². The zero-order valence-corrected chi connectivity index (χ0v) is 15.5. The molecular weight excluding hydrogens is 392 g/mol. The SMILES string of the molecule is Cc1cc(OC(F)F)ccc1NC(=O)c1ccn(COc2ccc(Cl)cc2)n1. The second-order valence-corrected chi connectivity index (χ2v) is 6.21. The first-order valence-corrected chi connectivity index (χ1v) is 8.57. The van der Waals surface area contributed by atoms with Gasteiger partial charge in [0.1, 0.15) is 11.5 Å². The van der Waals surface area contributed by atoms with Crippen molar-refractivity contribution in [1.82, 2.24) is 9.78 Å². The van der Waals surface area contributed by atoms with Crippen molar-refractivity contribution in [2.75, 3.05) is 5.32 Å². The Hall–Kier alpha value is -3.13. The number of hydrogen-bond acceptors (Lipinski definition) is 4. The van der Waals surface area contributed by atoms with Crippen LogP contribution in [0.2, 0.25) is 5.02 Å². The predicted molar refractivity (Wildman–Crippen MR) is 100 cm³/mol. The quantitative estimate of drug-likeness (QED) is 0.614. The summed E-state index contributed by atoms with van der Waals surface area (Å²) in [5.41, 5.74) is 1.24. The molecule has 1 amide bonds. The van der Waals surface area contributed by atoms with E-state index in [9.17, 15) is 13.6 Å². The van der Waals surface area contributed by atoms with Crippen molar-refractivity contribution in [3.63, 3.8) is 0 Å². The Morgan fingerprint density at radius 2 is 1.89 bits per heavy atom. The monoisotopic (exact) mass is 407 g/mol. The van der Waals surface area contributed by atoms with Crippen molar-refractivity contribution in [3.8, 4) is 11.5 Å². The maximum Gasteiger partial charge on any atom is 0.387 e. The Balaban J connectivity index is 1.60. The number of benzene rings is 2. The Morgan fingerprint density at radius 1 is 1.18 bits per heavy atom. The molecule has 0 fully saturated rings. The Morgan fingerprint density at radius 3 is 2.57 bits per heavy atom. The van der Waals surface area contributed by atoms with Gasteiger partial charge in [0.25, 0.3) is 5.91 Å². The van der Waals surface area contributed by atoms with Gasteiger partial charge in [-0.1, -0.05) is 11.6 Å². The topological polar surface area (TPSA) is 65.4 Å². The van der Waals surface area contributed by atoms with Gasteiger partial charge < -0.3 is 14.8 Å². The number of rotatable bonds is 7. The van der Waals surface area contributed by atoms with Crippen LogP contribution in [0.25, 0.3) is 0 Å². The molecule has 6 nitrogen and oxygen atoms in total. The third-order valence-electron chi connectivity index (χ3n) is 3.72. The summed E-state index contributed by atoms with van der Waals surface area (Å²) in [7, 11) is 0. The molecule has 146 valence electrons. The number of carbonyl (C=O) groups excluding carboxylic acids is 1. The standard InChI is InChI=1S/C19H16ClF2N3O3/c1-12-10-15(28-19(21)22)6-7-16(12)23-18(26)17-8-9-25(24-17)11-27-14-4-2-13(20)3-5-14/h2-10,19H,11H2,1H3,(H,23,26). The third-order valence-corrected chi connectivity index (χ3v) is 3.97. The number of aromatic nitrogens is 2. The average molecular weight is 408 g/mol. The van der Waals surface area contributed by atoms with Crippen LogP contribution in [-0.4, -0.2) is 22.3 Å². The molecule has 3 rings (SSSR count). The summed E-state index contributed by atoms with van der Waals surface area (Å²) in [5, 5.41) is 7.45. The van der Waals surface area contributed by atoms with Gasteiger partial charge >= 0.3 is 6.61 Å². The number of nitrogens with one attached hydrogen (secondary N) is 1. The number of carbonyl (C=O) groups is 1. The smallest absolute Gasteiger partial charge is 0.387 e. The lowest BCUT2D eigenvalue weighted by Crippen LogP contribution is -2.15. The van der Waals surface area contributed by atoms with E-state index in [0.717, 1.165) is 0 Å². The number of aryl methyl sites for hydroxylation is 1. The van der Waals surface area contributed by atoms with Crippen LogP contribution in [0.1, 0.15) is 16.1 Å². The highest BCUT2D eigenvalue weighted by molar-refractivity contribution is 6.30. The summed E-state index contributed by atoms with van der Waals surface area (Å²) in [6.07, 6.45) is 1.61. The summed E-state index contributed by atoms with van der Waals surface area (Å²) >= 11 is 5.82. The first-order chi connectivity index (χ1) is 13.4. The Bertz CT molecular complexity index is 961. The molecular formula is C19H16ClF2N3O3. The number of amides is 1. The van der Waals surface area contributed by atoms with Crippen molar-refractivity contribution in [2.24, 2.45) is 0 Å². The van der Waals surface area contributed by atoms with Gasteiger partial charge in [-0.2, -0.15) is 13.9 Å². The van der Waals surface area contributed by atoms with Crippen molar-refractivity contribution >= 4 is 23.2 Å². The van der Waals surface area contributed by atoms with Crippen LogP contribution in [-0.2, 0) is 6.73 Å². The number of alkyl halides is 2. The molecule has 0 bridgehead atoms. The molecule has 3 aromatic rings. The highest BCUT2D eigenvalue weighted by Crippen LogP contribution is 2.23. The summed E-state index contributed by atoms with van der Waals surface area (Å²) in [6.45, 7) is -1.11. The second-order valence-electron chi connectivity index (χ2n) is 5.78. The van der Waals surface area contributed by atoms with Crippen molar-refractivity contribution in [2.45, 2.75) is 20.3 Å². The van der Waals surface area contributed by atoms with E-state index < -0.39 is 12.5 Å². The van der Waals surface area contributed by atoms with Gasteiger partial charge in [0.15, 0.2) is 12.4 Å². The molecule has 0 aliphatic rings. The van der Waals surface area contributed by atoms with Gasteiger partial charge in [0.2, 0.25) is 0 Å². The molecule has 0 saturated heterocycles. The molecule has 0 unspecified atom stereocenters. The maximum atomic E-state index is 12.4. The Kier molecular flexibility index (Phi) is 6.10. The highest BCUT2D eigenvalue weighted by atomic mass is 35.5. The molecule has 1 heterocycles. The third kappa shape index (κ3) is 5.20. The van der Waals surface area contributed by atoms with Crippen LogP contribution in [0.15, 0.2) is 54.7 Å². The minimum Gasteiger partial charge on any atom is -0.471 e. The second kappa shape index (κ2) is 8.71. The zero-order chi connectivity index (χ0) is 20.1. The maximum absolute atomic E-state index is 12.4. The molecule has 0 atom stereocenters. The first-order valence-electron chi connectivity index (χ1n) is 8.19. The molecule has 0 saturated carbocycles. The van der Waals surface area contributed by atoms with Crippen LogP contribution in [0.3, 0.4) is 0 Å². The van der Waals surface area contributed by atoms with Crippen LogP contribution < -0.4 is 14.8 Å². The van der Waals surface area contributed by atoms with E-state index in [1.807, 2.05) is 0 Å². The minimum absolute atomic E-state index is 0.0223. The number of hydrogen-bond donors (Lipinski definition) is 1. The molecule has 0 spiro atoms. The van der Waals surface area contributed by atoms with Crippen molar-refractivity contribution < 1.29 is 23.0 Å². The largest absolute Gasteiger partial charge is 0.471 e. The van der Waals surface area contributed by atoms with Crippen LogP contribution in [0, 0.1) is 6.92 Å². The fourth-order valence-corrected chi connectivity index (χ4v) is 2.49. The molecule has 28 heavy (non-hydrogen) atoms. The lowest BCUT2D eigenvalue weighted by atomic mass is 10.2. The van der Waals surface area contributed by atoms with Crippen molar-refractivity contribution in [3.05, 3.63) is 71.0 Å². The van der Waals surface area contributed by atoms with Crippen molar-refractivity contribution in [1.29, 1.82) is 0 Å². The van der Waals surface area contributed by atoms with Crippen LogP contribution in [0.4, 0.5) is 14.5 Å². The summed E-state index contributed by atoms with van der Waals surface area (Å²) in [6, 6.07) is 12.7. The molecule has 0 aliphatic carbocycles. The van der Waals surface area contributed by atoms with Crippen LogP contribution >= 0.6 is 11.6 Å². The van der Waals surface area contributed by atoms with E-state index in [1.165, 1.54) is 22.9 Å². The molecule has 9 heteroatoms. The summed E-state index contributed by atoms with van der Waals surface area (Å²) < 4.78 is 35.9. The van der Waals surface area contributed by atoms with Gasteiger partial charge in [0.05, 0.1) is 0 Å². The first kappa shape index (κ1) is 19.6. The fourth-order valence-electron chi connectivity index (χ4n) is 2.37. The van der Waals surface area contributed by atoms with Gasteiger partial charge in [-0.25, -0.2) is 4.68 Å². The number of halogens is 3. The average Bonchev–Trinajstić information content (AvgIpc) is 3.12. The van der Waals surface area contributed by atoms with Gasteiger partial charge in [-0.3, -0.25) is 4.79 Å². The van der Waals surface area contributed by atoms with Gasteiger partial charge in [-0.05, 0) is 61.0 Å². The molecule has 0 aliphatic heterocycles. The van der Waals surface area contributed by atoms with Gasteiger partial charge in [0, 0.05) is 16.9 Å². The highest BCUT2D eigenvalue weighted by Gasteiger charge is 2.13. The zero-order valence-electron chi connectivity index (χ0n) is 14.7. The lowest BCUT2D eigenvalue weighted by Gasteiger charge is -2.10.